The molecule has 0 aromatic carbocycles. The fourth-order valence-electron chi connectivity index (χ4n) is 2.59. The fourth-order valence-corrected chi connectivity index (χ4v) is 2.59. The van der Waals surface area contributed by atoms with Crippen molar-refractivity contribution in [2.24, 2.45) is 18.9 Å². The molecule has 2 heterocycles. The Morgan fingerprint density at radius 3 is 2.80 bits per heavy atom. The number of nitrogens with zero attached hydrogens (tertiary/aromatic N) is 3. The zero-order valence-corrected chi connectivity index (χ0v) is 12.0. The first-order chi connectivity index (χ1) is 9.56. The van der Waals surface area contributed by atoms with Crippen LogP contribution in [-0.2, 0) is 16.6 Å². The van der Waals surface area contributed by atoms with E-state index in [0.717, 1.165) is 0 Å². The van der Waals surface area contributed by atoms with Crippen LogP contribution in [0.4, 0.5) is 0 Å². The molecule has 0 saturated carbocycles. The van der Waals surface area contributed by atoms with Gasteiger partial charge < -0.3 is 15.0 Å². The van der Waals surface area contributed by atoms with Gasteiger partial charge in [0.2, 0.25) is 5.91 Å². The summed E-state index contributed by atoms with van der Waals surface area (Å²) in [7, 11) is 4.97. The molecule has 1 aromatic heterocycles. The van der Waals surface area contributed by atoms with Gasteiger partial charge >= 0.3 is 0 Å². The largest absolute Gasteiger partial charge is 0.384 e. The molecule has 0 aliphatic carbocycles. The number of rotatable bonds is 4. The number of carbonyl (C=O) groups excluding carboxylic acids is 2. The third-order valence-corrected chi connectivity index (χ3v) is 3.62. The standard InChI is InChI=1S/C13H20N4O3/c1-14-12(18)10-7-17(6-9(10)8-20-3)13(19)11-4-5-16(2)15-11/h4-5,9-10H,6-8H2,1-3H3,(H,14,18)/t9-,10+/m0/s1. The molecule has 2 amide bonds. The molecule has 2 atom stereocenters. The number of aromatic nitrogens is 2. The molecule has 7 heteroatoms. The molecule has 7 nitrogen and oxygen atoms in total. The Balaban J connectivity index is 2.10. The highest BCUT2D eigenvalue weighted by atomic mass is 16.5. The van der Waals surface area contributed by atoms with Crippen molar-refractivity contribution in [1.29, 1.82) is 0 Å². The number of likely N-dealkylation sites (tertiary alicyclic amines) is 1. The van der Waals surface area contributed by atoms with Gasteiger partial charge in [-0.05, 0) is 6.07 Å². The van der Waals surface area contributed by atoms with Crippen LogP contribution in [0.3, 0.4) is 0 Å². The van der Waals surface area contributed by atoms with Gasteiger partial charge in [-0.25, -0.2) is 0 Å². The third-order valence-electron chi connectivity index (χ3n) is 3.62. The van der Waals surface area contributed by atoms with E-state index >= 15 is 0 Å². The van der Waals surface area contributed by atoms with Gasteiger partial charge in [0, 0.05) is 46.4 Å². The number of amides is 2. The van der Waals surface area contributed by atoms with Crippen molar-refractivity contribution in [3.05, 3.63) is 18.0 Å². The molecule has 2 rings (SSSR count). The van der Waals surface area contributed by atoms with Crippen molar-refractivity contribution in [2.75, 3.05) is 33.9 Å². The van der Waals surface area contributed by atoms with Crippen LogP contribution in [0.15, 0.2) is 12.3 Å². The Hall–Kier alpha value is -1.89. The number of carbonyl (C=O) groups is 2. The summed E-state index contributed by atoms with van der Waals surface area (Å²) in [6, 6.07) is 1.68. The number of hydrogen-bond donors (Lipinski definition) is 1. The number of nitrogens with one attached hydrogen (secondary N) is 1. The molecular weight excluding hydrogens is 260 g/mol. The van der Waals surface area contributed by atoms with E-state index in [-0.39, 0.29) is 23.7 Å². The fraction of sp³-hybridized carbons (Fsp3) is 0.615. The molecular formula is C13H20N4O3. The molecule has 0 unspecified atom stereocenters. The third kappa shape index (κ3) is 2.82. The van der Waals surface area contributed by atoms with Crippen LogP contribution >= 0.6 is 0 Å². The van der Waals surface area contributed by atoms with E-state index in [1.807, 2.05) is 0 Å². The summed E-state index contributed by atoms with van der Waals surface area (Å²) in [4.78, 5) is 25.9. The van der Waals surface area contributed by atoms with Crippen molar-refractivity contribution in [3.63, 3.8) is 0 Å². The predicted octanol–water partition coefficient (Wildman–Crippen LogP) is -0.499. The molecule has 1 fully saturated rings. The smallest absolute Gasteiger partial charge is 0.274 e. The molecule has 1 aliphatic rings. The zero-order chi connectivity index (χ0) is 14.7. The van der Waals surface area contributed by atoms with Gasteiger partial charge in [0.1, 0.15) is 5.69 Å². The van der Waals surface area contributed by atoms with Crippen molar-refractivity contribution in [3.8, 4) is 0 Å². The lowest BCUT2D eigenvalue weighted by atomic mass is 9.96. The maximum atomic E-state index is 12.3. The Morgan fingerprint density at radius 2 is 2.25 bits per heavy atom. The highest BCUT2D eigenvalue weighted by molar-refractivity contribution is 5.93. The molecule has 0 spiro atoms. The lowest BCUT2D eigenvalue weighted by Crippen LogP contribution is -2.34. The van der Waals surface area contributed by atoms with E-state index in [1.165, 1.54) is 0 Å². The molecule has 1 saturated heterocycles. The molecule has 1 N–H and O–H groups in total. The maximum Gasteiger partial charge on any atom is 0.274 e. The van der Waals surface area contributed by atoms with Crippen molar-refractivity contribution >= 4 is 11.8 Å². The summed E-state index contributed by atoms with van der Waals surface area (Å²) < 4.78 is 6.74. The highest BCUT2D eigenvalue weighted by Gasteiger charge is 2.39. The lowest BCUT2D eigenvalue weighted by Gasteiger charge is -2.14. The maximum absolute atomic E-state index is 12.3. The predicted molar refractivity (Wildman–Crippen MR) is 72.0 cm³/mol. The Bertz CT molecular complexity index is 500. The Morgan fingerprint density at radius 1 is 1.50 bits per heavy atom. The van der Waals surface area contributed by atoms with Crippen LogP contribution in [0, 0.1) is 11.8 Å². The van der Waals surface area contributed by atoms with Crippen LogP contribution < -0.4 is 5.32 Å². The minimum Gasteiger partial charge on any atom is -0.384 e. The van der Waals surface area contributed by atoms with Gasteiger partial charge in [-0.2, -0.15) is 5.10 Å². The second-order valence-corrected chi connectivity index (χ2v) is 5.02. The van der Waals surface area contributed by atoms with Gasteiger partial charge in [0.05, 0.1) is 12.5 Å². The van der Waals surface area contributed by atoms with E-state index in [0.29, 0.717) is 25.4 Å². The van der Waals surface area contributed by atoms with Crippen molar-refractivity contribution in [2.45, 2.75) is 0 Å². The number of aryl methyl sites for hydroxylation is 1. The molecule has 1 aromatic rings. The number of ether oxygens (including phenoxy) is 1. The monoisotopic (exact) mass is 280 g/mol. The quantitative estimate of drug-likeness (QED) is 0.807. The molecule has 20 heavy (non-hydrogen) atoms. The summed E-state index contributed by atoms with van der Waals surface area (Å²) in [6.07, 6.45) is 1.73. The first-order valence-corrected chi connectivity index (χ1v) is 6.56. The minimum absolute atomic E-state index is 0.0209. The SMILES string of the molecule is CNC(=O)[C@@H]1CN(C(=O)c2ccn(C)n2)C[C@H]1COC. The van der Waals surface area contributed by atoms with E-state index in [9.17, 15) is 9.59 Å². The van der Waals surface area contributed by atoms with Gasteiger partial charge in [0.15, 0.2) is 0 Å². The van der Waals surface area contributed by atoms with Crippen LogP contribution in [-0.4, -0.2) is 60.3 Å². The first-order valence-electron chi connectivity index (χ1n) is 6.56. The summed E-state index contributed by atoms with van der Waals surface area (Å²) in [5, 5.41) is 6.76. The van der Waals surface area contributed by atoms with Gasteiger partial charge in [-0.3, -0.25) is 14.3 Å². The summed E-state index contributed by atoms with van der Waals surface area (Å²) in [5.74, 6) is -0.401. The normalized spacial score (nSPS) is 22.1. The van der Waals surface area contributed by atoms with Crippen LogP contribution in [0.1, 0.15) is 10.5 Å². The molecule has 0 radical (unpaired) electrons. The van der Waals surface area contributed by atoms with Crippen LogP contribution in [0.25, 0.3) is 0 Å². The lowest BCUT2D eigenvalue weighted by molar-refractivity contribution is -0.125. The van der Waals surface area contributed by atoms with Crippen molar-refractivity contribution in [1.82, 2.24) is 20.0 Å². The average molecular weight is 280 g/mol. The van der Waals surface area contributed by atoms with E-state index < -0.39 is 0 Å². The molecule has 0 bridgehead atoms. The van der Waals surface area contributed by atoms with Gasteiger partial charge in [0.25, 0.3) is 5.91 Å². The summed E-state index contributed by atoms with van der Waals surface area (Å²) in [5.41, 5.74) is 0.404. The van der Waals surface area contributed by atoms with Crippen molar-refractivity contribution < 1.29 is 14.3 Å². The summed E-state index contributed by atoms with van der Waals surface area (Å²) >= 11 is 0. The Kier molecular flexibility index (Phi) is 4.39. The second kappa shape index (κ2) is 6.04. The van der Waals surface area contributed by atoms with E-state index in [2.05, 4.69) is 10.4 Å². The second-order valence-electron chi connectivity index (χ2n) is 5.02. The van der Waals surface area contributed by atoms with Gasteiger partial charge in [-0.15, -0.1) is 0 Å². The van der Waals surface area contributed by atoms with Crippen LogP contribution in [0.2, 0.25) is 0 Å². The highest BCUT2D eigenvalue weighted by Crippen LogP contribution is 2.25. The zero-order valence-electron chi connectivity index (χ0n) is 12.0. The molecule has 110 valence electrons. The first kappa shape index (κ1) is 14.5. The Labute approximate surface area is 117 Å². The minimum atomic E-state index is -0.229. The average Bonchev–Trinajstić information content (AvgIpc) is 3.04. The summed E-state index contributed by atoms with van der Waals surface area (Å²) in [6.45, 7) is 1.38. The van der Waals surface area contributed by atoms with E-state index in [4.69, 9.17) is 4.74 Å². The topological polar surface area (TPSA) is 76.5 Å². The van der Waals surface area contributed by atoms with Crippen LogP contribution in [0.5, 0.6) is 0 Å². The molecule has 1 aliphatic heterocycles. The number of methoxy groups -OCH3 is 1. The number of hydrogen-bond acceptors (Lipinski definition) is 4. The van der Waals surface area contributed by atoms with Gasteiger partial charge in [-0.1, -0.05) is 0 Å². The van der Waals surface area contributed by atoms with E-state index in [1.54, 1.807) is 43.1 Å².